The highest BCUT2D eigenvalue weighted by atomic mass is 32.2. The van der Waals surface area contributed by atoms with Crippen molar-refractivity contribution in [2.75, 3.05) is 13.1 Å². The molecule has 0 bridgehead atoms. The fourth-order valence-electron chi connectivity index (χ4n) is 3.71. The van der Waals surface area contributed by atoms with Gasteiger partial charge in [-0.2, -0.15) is 5.10 Å². The Labute approximate surface area is 179 Å². The Bertz CT molecular complexity index is 1140. The topological polar surface area (TPSA) is 108 Å². The van der Waals surface area contributed by atoms with Crippen LogP contribution in [-0.4, -0.2) is 41.9 Å². The monoisotopic (exact) mass is 446 g/mol. The van der Waals surface area contributed by atoms with Crippen LogP contribution in [0.4, 0.5) is 4.39 Å². The summed E-state index contributed by atoms with van der Waals surface area (Å²) < 4.78 is 45.4. The van der Waals surface area contributed by atoms with Gasteiger partial charge in [0.15, 0.2) is 0 Å². The maximum absolute atomic E-state index is 13.4. The van der Waals surface area contributed by atoms with Crippen molar-refractivity contribution in [2.24, 2.45) is 0 Å². The van der Waals surface area contributed by atoms with Gasteiger partial charge in [-0.3, -0.25) is 9.89 Å². The van der Waals surface area contributed by atoms with E-state index in [1.165, 1.54) is 22.5 Å². The predicted molar refractivity (Wildman–Crippen MR) is 111 cm³/mol. The second-order valence-corrected chi connectivity index (χ2v) is 9.50. The fraction of sp³-hybridized carbons (Fsp3) is 0.333. The quantitative estimate of drug-likeness (QED) is 0.580. The summed E-state index contributed by atoms with van der Waals surface area (Å²) in [6.07, 6.45) is 2.76. The first-order valence-corrected chi connectivity index (χ1v) is 11.6. The second kappa shape index (κ2) is 9.03. The maximum Gasteiger partial charge on any atom is 0.272 e. The fourth-order valence-corrected chi connectivity index (χ4v) is 5.26. The van der Waals surface area contributed by atoms with Crippen molar-refractivity contribution in [1.82, 2.24) is 19.8 Å². The third-order valence-corrected chi connectivity index (χ3v) is 7.21. The van der Waals surface area contributed by atoms with E-state index < -0.39 is 15.8 Å². The molecule has 2 aromatic heterocycles. The molecule has 1 saturated heterocycles. The van der Waals surface area contributed by atoms with Gasteiger partial charge in [-0.05, 0) is 48.7 Å². The lowest BCUT2D eigenvalue weighted by atomic mass is 9.94. The summed E-state index contributed by atoms with van der Waals surface area (Å²) in [5, 5.41) is 9.74. The van der Waals surface area contributed by atoms with Crippen molar-refractivity contribution in [3.05, 3.63) is 77.3 Å². The number of nitrogens with one attached hydrogen (secondary N) is 2. The second-order valence-electron chi connectivity index (χ2n) is 7.53. The number of carbonyl (C=O) groups is 1. The number of aromatic amines is 1. The summed E-state index contributed by atoms with van der Waals surface area (Å²) in [7, 11) is -3.53. The average Bonchev–Trinajstić information content (AvgIpc) is 3.44. The molecule has 4 rings (SSSR count). The molecule has 1 aromatic carbocycles. The number of rotatable bonds is 7. The zero-order valence-corrected chi connectivity index (χ0v) is 17.6. The molecule has 31 heavy (non-hydrogen) atoms. The summed E-state index contributed by atoms with van der Waals surface area (Å²) in [5.74, 6) is -0.251. The Kier molecular flexibility index (Phi) is 6.19. The number of amides is 1. The number of halogens is 1. The Morgan fingerprint density at radius 2 is 2.03 bits per heavy atom. The zero-order chi connectivity index (χ0) is 21.8. The molecule has 2 N–H and O–H groups in total. The highest BCUT2D eigenvalue weighted by Crippen LogP contribution is 2.29. The Morgan fingerprint density at radius 3 is 2.74 bits per heavy atom. The Balaban J connectivity index is 1.32. The number of nitrogens with zero attached hydrogens (tertiary/aromatic N) is 2. The van der Waals surface area contributed by atoms with Crippen LogP contribution in [0.2, 0.25) is 0 Å². The van der Waals surface area contributed by atoms with Gasteiger partial charge >= 0.3 is 0 Å². The predicted octanol–water partition coefficient (Wildman–Crippen LogP) is 2.78. The van der Waals surface area contributed by atoms with Gasteiger partial charge < -0.3 is 9.73 Å². The molecular weight excluding hydrogens is 423 g/mol. The van der Waals surface area contributed by atoms with Crippen LogP contribution in [0.15, 0.2) is 53.1 Å². The van der Waals surface area contributed by atoms with E-state index >= 15 is 0 Å². The Morgan fingerprint density at radius 1 is 1.23 bits per heavy atom. The summed E-state index contributed by atoms with van der Waals surface area (Å²) in [6, 6.07) is 10.9. The number of furan rings is 1. The highest BCUT2D eigenvalue weighted by Gasteiger charge is 2.30. The number of H-pyrrole nitrogens is 1. The van der Waals surface area contributed by atoms with Crippen LogP contribution in [0, 0.1) is 5.82 Å². The lowest BCUT2D eigenvalue weighted by Crippen LogP contribution is -2.38. The van der Waals surface area contributed by atoms with Crippen LogP contribution in [0.1, 0.15) is 46.3 Å². The molecule has 10 heteroatoms. The number of hydrogen-bond donors (Lipinski definition) is 2. The van der Waals surface area contributed by atoms with E-state index in [0.29, 0.717) is 37.3 Å². The van der Waals surface area contributed by atoms with Crippen LogP contribution in [0.5, 0.6) is 0 Å². The SMILES string of the molecule is O=C(NCc1ccco1)c1cc(C2CCN(S(=O)(=O)Cc3cccc(F)c3)CC2)[nH]n1. The van der Waals surface area contributed by atoms with E-state index in [9.17, 15) is 17.6 Å². The number of hydrogen-bond acceptors (Lipinski definition) is 5. The highest BCUT2D eigenvalue weighted by molar-refractivity contribution is 7.88. The van der Waals surface area contributed by atoms with E-state index in [-0.39, 0.29) is 29.8 Å². The minimum atomic E-state index is -3.53. The van der Waals surface area contributed by atoms with Crippen molar-refractivity contribution in [2.45, 2.75) is 31.1 Å². The minimum Gasteiger partial charge on any atom is -0.467 e. The molecular formula is C21H23FN4O4S. The summed E-state index contributed by atoms with van der Waals surface area (Å²) in [6.45, 7) is 0.998. The molecule has 0 atom stereocenters. The van der Waals surface area contributed by atoms with Crippen molar-refractivity contribution in [1.29, 1.82) is 0 Å². The van der Waals surface area contributed by atoms with Gasteiger partial charge in [0.25, 0.3) is 5.91 Å². The molecule has 1 fully saturated rings. The molecule has 164 valence electrons. The van der Waals surface area contributed by atoms with Gasteiger partial charge in [-0.1, -0.05) is 12.1 Å². The molecule has 0 spiro atoms. The third kappa shape index (κ3) is 5.20. The third-order valence-electron chi connectivity index (χ3n) is 5.36. The van der Waals surface area contributed by atoms with Gasteiger partial charge in [0, 0.05) is 24.7 Å². The lowest BCUT2D eigenvalue weighted by Gasteiger charge is -2.30. The first-order chi connectivity index (χ1) is 14.9. The van der Waals surface area contributed by atoms with E-state index in [1.54, 1.807) is 30.5 Å². The first kappa shape index (κ1) is 21.3. The minimum absolute atomic E-state index is 0.0831. The molecule has 0 radical (unpaired) electrons. The van der Waals surface area contributed by atoms with Crippen LogP contribution < -0.4 is 5.32 Å². The van der Waals surface area contributed by atoms with Crippen LogP contribution in [-0.2, 0) is 22.3 Å². The molecule has 0 saturated carbocycles. The van der Waals surface area contributed by atoms with E-state index in [4.69, 9.17) is 4.42 Å². The van der Waals surface area contributed by atoms with Crippen LogP contribution >= 0.6 is 0 Å². The molecule has 3 heterocycles. The molecule has 3 aromatic rings. The normalized spacial score (nSPS) is 15.8. The van der Waals surface area contributed by atoms with Gasteiger partial charge in [0.2, 0.25) is 10.0 Å². The van der Waals surface area contributed by atoms with E-state index in [2.05, 4.69) is 15.5 Å². The summed E-state index contributed by atoms with van der Waals surface area (Å²) >= 11 is 0. The van der Waals surface area contributed by atoms with Crippen molar-refractivity contribution < 1.29 is 22.0 Å². The molecule has 1 aliphatic rings. The van der Waals surface area contributed by atoms with Gasteiger partial charge in [-0.15, -0.1) is 0 Å². The smallest absolute Gasteiger partial charge is 0.272 e. The standard InChI is InChI=1S/C21H23FN4O4S/c22-17-4-1-3-15(11-17)14-31(28,29)26-8-6-16(7-9-26)19-12-20(25-24-19)21(27)23-13-18-5-2-10-30-18/h1-5,10-12,16H,6-9,13-14H2,(H,23,27)(H,24,25). The molecule has 8 nitrogen and oxygen atoms in total. The van der Waals surface area contributed by atoms with Gasteiger partial charge in [0.1, 0.15) is 17.3 Å². The number of aromatic nitrogens is 2. The van der Waals surface area contributed by atoms with E-state index in [0.717, 1.165) is 5.69 Å². The first-order valence-electron chi connectivity index (χ1n) is 9.99. The molecule has 0 unspecified atom stereocenters. The molecule has 1 aliphatic heterocycles. The summed E-state index contributed by atoms with van der Waals surface area (Å²) in [4.78, 5) is 12.3. The Hall–Kier alpha value is -2.98. The number of sulfonamides is 1. The van der Waals surface area contributed by atoms with Crippen LogP contribution in [0.3, 0.4) is 0 Å². The van der Waals surface area contributed by atoms with Gasteiger partial charge in [0.05, 0.1) is 18.6 Å². The number of carbonyl (C=O) groups excluding carboxylic acids is 1. The molecule has 0 aliphatic carbocycles. The largest absolute Gasteiger partial charge is 0.467 e. The molecule has 1 amide bonds. The number of benzene rings is 1. The lowest BCUT2D eigenvalue weighted by molar-refractivity contribution is 0.0943. The van der Waals surface area contributed by atoms with Crippen molar-refractivity contribution in [3.8, 4) is 0 Å². The van der Waals surface area contributed by atoms with Crippen LogP contribution in [0.25, 0.3) is 0 Å². The maximum atomic E-state index is 13.4. The van der Waals surface area contributed by atoms with E-state index in [1.807, 2.05) is 0 Å². The number of piperidine rings is 1. The summed E-state index contributed by atoms with van der Waals surface area (Å²) in [5.41, 5.74) is 1.52. The zero-order valence-electron chi connectivity index (χ0n) is 16.8. The average molecular weight is 447 g/mol. The van der Waals surface area contributed by atoms with Crippen molar-refractivity contribution >= 4 is 15.9 Å². The van der Waals surface area contributed by atoms with Gasteiger partial charge in [-0.25, -0.2) is 17.1 Å². The van der Waals surface area contributed by atoms with Crippen molar-refractivity contribution in [3.63, 3.8) is 0 Å².